The normalized spacial score (nSPS) is 20.2. The molecule has 0 saturated heterocycles. The maximum atomic E-state index is 5.36. The van der Waals surface area contributed by atoms with Gasteiger partial charge in [-0.05, 0) is 51.0 Å². The molecular weight excluding hydrogens is 186 g/mol. The highest BCUT2D eigenvalue weighted by molar-refractivity contribution is 4.81. The molecule has 1 saturated carbocycles. The van der Waals surface area contributed by atoms with Gasteiger partial charge in [0.2, 0.25) is 0 Å². The molecule has 2 atom stereocenters. The van der Waals surface area contributed by atoms with Crippen molar-refractivity contribution in [3.05, 3.63) is 0 Å². The van der Waals surface area contributed by atoms with E-state index in [1.54, 1.807) is 0 Å². The highest BCUT2D eigenvalue weighted by atomic mass is 16.5. The monoisotopic (exact) mass is 213 g/mol. The molecule has 0 aromatic rings. The van der Waals surface area contributed by atoms with Crippen LogP contribution in [0.1, 0.15) is 46.5 Å². The molecule has 0 amide bonds. The van der Waals surface area contributed by atoms with Crippen LogP contribution in [0.15, 0.2) is 0 Å². The van der Waals surface area contributed by atoms with E-state index < -0.39 is 0 Å². The Hall–Kier alpha value is -0.0800. The van der Waals surface area contributed by atoms with E-state index in [0.717, 1.165) is 31.1 Å². The van der Waals surface area contributed by atoms with Gasteiger partial charge in [0.25, 0.3) is 0 Å². The van der Waals surface area contributed by atoms with Crippen LogP contribution in [-0.2, 0) is 4.74 Å². The Balaban J connectivity index is 1.95. The third-order valence-electron chi connectivity index (χ3n) is 3.43. The quantitative estimate of drug-likeness (QED) is 0.595. The van der Waals surface area contributed by atoms with Gasteiger partial charge in [0.05, 0.1) is 0 Å². The van der Waals surface area contributed by atoms with E-state index in [1.165, 1.54) is 32.2 Å². The predicted octanol–water partition coefficient (Wildman–Crippen LogP) is 2.83. The largest absolute Gasteiger partial charge is 0.382 e. The number of hydrogen-bond donors (Lipinski definition) is 1. The summed E-state index contributed by atoms with van der Waals surface area (Å²) in [5.74, 6) is 1.61. The third kappa shape index (κ3) is 6.16. The van der Waals surface area contributed by atoms with E-state index in [2.05, 4.69) is 26.1 Å². The summed E-state index contributed by atoms with van der Waals surface area (Å²) in [4.78, 5) is 0. The molecule has 0 bridgehead atoms. The van der Waals surface area contributed by atoms with Crippen molar-refractivity contribution in [2.24, 2.45) is 11.8 Å². The van der Waals surface area contributed by atoms with Crippen LogP contribution >= 0.6 is 0 Å². The molecule has 15 heavy (non-hydrogen) atoms. The second-order valence-corrected chi connectivity index (χ2v) is 4.98. The lowest BCUT2D eigenvalue weighted by atomic mass is 9.91. The average Bonchev–Trinajstić information content (AvgIpc) is 3.04. The summed E-state index contributed by atoms with van der Waals surface area (Å²) in [6.07, 6.45) is 5.30. The molecule has 0 heterocycles. The first kappa shape index (κ1) is 13.0. The van der Waals surface area contributed by atoms with Crippen LogP contribution in [0.25, 0.3) is 0 Å². The molecule has 1 N–H and O–H groups in total. The van der Waals surface area contributed by atoms with Crippen molar-refractivity contribution in [1.82, 2.24) is 5.32 Å². The standard InChI is InChI=1S/C13H27NO/c1-4-15-9-5-6-11(2)12(3)10-14-13-7-8-13/h11-14H,4-10H2,1-3H3. The van der Waals surface area contributed by atoms with Gasteiger partial charge in [-0.1, -0.05) is 13.8 Å². The fourth-order valence-electron chi connectivity index (χ4n) is 1.78. The van der Waals surface area contributed by atoms with Crippen molar-refractivity contribution in [2.45, 2.75) is 52.5 Å². The second kappa shape index (κ2) is 7.24. The van der Waals surface area contributed by atoms with Crippen LogP contribution < -0.4 is 5.32 Å². The zero-order chi connectivity index (χ0) is 11.1. The Morgan fingerprint density at radius 2 is 2.00 bits per heavy atom. The maximum Gasteiger partial charge on any atom is 0.0465 e. The maximum absolute atomic E-state index is 5.36. The number of nitrogens with one attached hydrogen (secondary N) is 1. The Morgan fingerprint density at radius 3 is 2.60 bits per heavy atom. The minimum Gasteiger partial charge on any atom is -0.382 e. The van der Waals surface area contributed by atoms with Crippen LogP contribution in [0.5, 0.6) is 0 Å². The molecule has 0 aromatic heterocycles. The van der Waals surface area contributed by atoms with E-state index in [9.17, 15) is 0 Å². The summed E-state index contributed by atoms with van der Waals surface area (Å²) in [7, 11) is 0. The van der Waals surface area contributed by atoms with Crippen LogP contribution in [-0.4, -0.2) is 25.8 Å². The lowest BCUT2D eigenvalue weighted by Crippen LogP contribution is -2.26. The van der Waals surface area contributed by atoms with Gasteiger partial charge in [-0.25, -0.2) is 0 Å². The average molecular weight is 213 g/mol. The van der Waals surface area contributed by atoms with Crippen molar-refractivity contribution in [1.29, 1.82) is 0 Å². The zero-order valence-corrected chi connectivity index (χ0v) is 10.6. The predicted molar refractivity (Wildman–Crippen MR) is 65.1 cm³/mol. The van der Waals surface area contributed by atoms with Gasteiger partial charge in [0, 0.05) is 19.3 Å². The van der Waals surface area contributed by atoms with Gasteiger partial charge in [0.15, 0.2) is 0 Å². The van der Waals surface area contributed by atoms with E-state index in [4.69, 9.17) is 4.74 Å². The summed E-state index contributed by atoms with van der Waals surface area (Å²) in [6.45, 7) is 9.77. The van der Waals surface area contributed by atoms with E-state index >= 15 is 0 Å². The van der Waals surface area contributed by atoms with Crippen molar-refractivity contribution >= 4 is 0 Å². The lowest BCUT2D eigenvalue weighted by molar-refractivity contribution is 0.137. The van der Waals surface area contributed by atoms with Gasteiger partial charge < -0.3 is 10.1 Å². The summed E-state index contributed by atoms with van der Waals surface area (Å²) in [5.41, 5.74) is 0. The van der Waals surface area contributed by atoms with Gasteiger partial charge >= 0.3 is 0 Å². The minimum atomic E-state index is 0.798. The van der Waals surface area contributed by atoms with E-state index in [-0.39, 0.29) is 0 Å². The molecule has 1 rings (SSSR count). The highest BCUT2D eigenvalue weighted by Crippen LogP contribution is 2.21. The molecular formula is C13H27NO. The van der Waals surface area contributed by atoms with Crippen molar-refractivity contribution in [3.8, 4) is 0 Å². The second-order valence-electron chi connectivity index (χ2n) is 4.98. The van der Waals surface area contributed by atoms with Gasteiger partial charge in [-0.3, -0.25) is 0 Å². The topological polar surface area (TPSA) is 21.3 Å². The summed E-state index contributed by atoms with van der Waals surface area (Å²) in [6, 6.07) is 0.850. The fourth-order valence-corrected chi connectivity index (χ4v) is 1.78. The molecule has 0 aliphatic heterocycles. The molecule has 0 aromatic carbocycles. The Morgan fingerprint density at radius 1 is 1.27 bits per heavy atom. The molecule has 2 heteroatoms. The molecule has 0 radical (unpaired) electrons. The first-order valence-corrected chi connectivity index (χ1v) is 6.55. The summed E-state index contributed by atoms with van der Waals surface area (Å²) >= 11 is 0. The molecule has 1 fully saturated rings. The molecule has 1 aliphatic rings. The Bertz CT molecular complexity index is 157. The van der Waals surface area contributed by atoms with Crippen LogP contribution in [0.3, 0.4) is 0 Å². The van der Waals surface area contributed by atoms with Crippen LogP contribution in [0.2, 0.25) is 0 Å². The molecule has 90 valence electrons. The third-order valence-corrected chi connectivity index (χ3v) is 3.43. The number of ether oxygens (including phenoxy) is 1. The molecule has 2 nitrogen and oxygen atoms in total. The van der Waals surface area contributed by atoms with E-state index in [0.29, 0.717) is 0 Å². The van der Waals surface area contributed by atoms with Crippen LogP contribution in [0.4, 0.5) is 0 Å². The zero-order valence-electron chi connectivity index (χ0n) is 10.6. The molecule has 2 unspecified atom stereocenters. The first-order chi connectivity index (χ1) is 7.24. The van der Waals surface area contributed by atoms with Crippen molar-refractivity contribution < 1.29 is 4.74 Å². The number of rotatable bonds is 9. The first-order valence-electron chi connectivity index (χ1n) is 6.55. The molecule has 1 aliphatic carbocycles. The Kier molecular flexibility index (Phi) is 6.26. The fraction of sp³-hybridized carbons (Fsp3) is 1.00. The Labute approximate surface area is 94.8 Å². The lowest BCUT2D eigenvalue weighted by Gasteiger charge is -2.20. The van der Waals surface area contributed by atoms with E-state index in [1.807, 2.05) is 0 Å². The number of hydrogen-bond acceptors (Lipinski definition) is 2. The van der Waals surface area contributed by atoms with Gasteiger partial charge in [-0.2, -0.15) is 0 Å². The SMILES string of the molecule is CCOCCCC(C)C(C)CNC1CC1. The smallest absolute Gasteiger partial charge is 0.0465 e. The molecule has 0 spiro atoms. The summed E-state index contributed by atoms with van der Waals surface area (Å²) < 4.78 is 5.36. The van der Waals surface area contributed by atoms with Gasteiger partial charge in [0.1, 0.15) is 0 Å². The van der Waals surface area contributed by atoms with Crippen molar-refractivity contribution in [2.75, 3.05) is 19.8 Å². The van der Waals surface area contributed by atoms with Crippen LogP contribution in [0, 0.1) is 11.8 Å². The minimum absolute atomic E-state index is 0.798. The highest BCUT2D eigenvalue weighted by Gasteiger charge is 2.22. The summed E-state index contributed by atoms with van der Waals surface area (Å²) in [5, 5.41) is 3.61. The van der Waals surface area contributed by atoms with Gasteiger partial charge in [-0.15, -0.1) is 0 Å². The van der Waals surface area contributed by atoms with Crippen molar-refractivity contribution in [3.63, 3.8) is 0 Å².